The van der Waals surface area contributed by atoms with Gasteiger partial charge in [-0.25, -0.2) is 0 Å². The van der Waals surface area contributed by atoms with E-state index >= 15 is 0 Å². The van der Waals surface area contributed by atoms with Gasteiger partial charge in [0, 0.05) is 22.0 Å². The van der Waals surface area contributed by atoms with Gasteiger partial charge in [0.2, 0.25) is 0 Å². The molecule has 1 aromatic heterocycles. The van der Waals surface area contributed by atoms with Crippen LogP contribution in [-0.4, -0.2) is 0 Å². The third-order valence-electron chi connectivity index (χ3n) is 2.25. The minimum atomic E-state index is 0.687. The first-order valence-electron chi connectivity index (χ1n) is 5.07. The predicted octanol–water partition coefficient (Wildman–Crippen LogP) is 3.54. The van der Waals surface area contributed by atoms with Gasteiger partial charge in [0.25, 0.3) is 0 Å². The van der Waals surface area contributed by atoms with Crippen LogP contribution >= 0.6 is 11.3 Å². The molecule has 0 fully saturated rings. The second-order valence-corrected chi connectivity index (χ2v) is 4.93. The van der Waals surface area contributed by atoms with Gasteiger partial charge in [-0.2, -0.15) is 5.26 Å². The Bertz CT molecular complexity index is 523. The summed E-state index contributed by atoms with van der Waals surface area (Å²) < 4.78 is 0. The molecule has 0 aliphatic carbocycles. The standard InChI is InChI=1S/C13H12N2S/c1-10-5-6-13(16-10)9-15-12-4-2-3-11(7-12)8-14/h2-7,15H,9H2,1H3. The Hall–Kier alpha value is -1.79. The number of nitrogens with one attached hydrogen (secondary N) is 1. The number of hydrogen-bond acceptors (Lipinski definition) is 3. The topological polar surface area (TPSA) is 35.8 Å². The van der Waals surface area contributed by atoms with Crippen LogP contribution in [0.1, 0.15) is 15.3 Å². The summed E-state index contributed by atoms with van der Waals surface area (Å²) in [4.78, 5) is 2.63. The predicted molar refractivity (Wildman–Crippen MR) is 67.5 cm³/mol. The number of nitriles is 1. The second kappa shape index (κ2) is 4.82. The molecule has 0 bridgehead atoms. The van der Waals surface area contributed by atoms with Crippen LogP contribution < -0.4 is 5.32 Å². The van der Waals surface area contributed by atoms with E-state index in [1.54, 1.807) is 17.4 Å². The molecule has 0 unspecified atom stereocenters. The van der Waals surface area contributed by atoms with Crippen molar-refractivity contribution in [1.29, 1.82) is 5.26 Å². The summed E-state index contributed by atoms with van der Waals surface area (Å²) >= 11 is 1.79. The summed E-state index contributed by atoms with van der Waals surface area (Å²) in [5, 5.41) is 12.1. The summed E-state index contributed by atoms with van der Waals surface area (Å²) in [6, 6.07) is 13.9. The van der Waals surface area contributed by atoms with Gasteiger partial charge in [0.05, 0.1) is 11.6 Å². The maximum absolute atomic E-state index is 8.77. The summed E-state index contributed by atoms with van der Waals surface area (Å²) in [6.45, 7) is 2.91. The minimum Gasteiger partial charge on any atom is -0.380 e. The van der Waals surface area contributed by atoms with E-state index in [1.165, 1.54) is 9.75 Å². The van der Waals surface area contributed by atoms with E-state index in [-0.39, 0.29) is 0 Å². The maximum Gasteiger partial charge on any atom is 0.0992 e. The third-order valence-corrected chi connectivity index (χ3v) is 3.26. The molecule has 0 spiro atoms. The fourth-order valence-electron chi connectivity index (χ4n) is 1.47. The molecule has 0 aliphatic heterocycles. The van der Waals surface area contributed by atoms with Crippen molar-refractivity contribution in [1.82, 2.24) is 0 Å². The maximum atomic E-state index is 8.77. The van der Waals surface area contributed by atoms with Crippen molar-refractivity contribution < 1.29 is 0 Å². The molecule has 1 N–H and O–H groups in total. The van der Waals surface area contributed by atoms with Gasteiger partial charge >= 0.3 is 0 Å². The Labute approximate surface area is 99.2 Å². The van der Waals surface area contributed by atoms with E-state index in [1.807, 2.05) is 18.2 Å². The van der Waals surface area contributed by atoms with E-state index < -0.39 is 0 Å². The van der Waals surface area contributed by atoms with Gasteiger partial charge in [-0.1, -0.05) is 6.07 Å². The zero-order chi connectivity index (χ0) is 11.4. The Morgan fingerprint density at radius 1 is 1.31 bits per heavy atom. The van der Waals surface area contributed by atoms with Gasteiger partial charge in [-0.05, 0) is 37.3 Å². The fourth-order valence-corrected chi connectivity index (χ4v) is 2.30. The molecule has 2 nitrogen and oxygen atoms in total. The number of thiophene rings is 1. The van der Waals surface area contributed by atoms with E-state index in [2.05, 4.69) is 30.4 Å². The lowest BCUT2D eigenvalue weighted by atomic mass is 10.2. The molecule has 0 aliphatic rings. The normalized spacial score (nSPS) is 9.75. The molecule has 0 atom stereocenters. The molecule has 1 heterocycles. The molecule has 2 aromatic rings. The summed E-state index contributed by atoms with van der Waals surface area (Å²) in [5.74, 6) is 0. The highest BCUT2D eigenvalue weighted by Crippen LogP contribution is 2.17. The highest BCUT2D eigenvalue weighted by Gasteiger charge is 1.97. The fraction of sp³-hybridized carbons (Fsp3) is 0.154. The molecular formula is C13H12N2S. The van der Waals surface area contributed by atoms with Crippen LogP contribution in [0.3, 0.4) is 0 Å². The smallest absolute Gasteiger partial charge is 0.0992 e. The van der Waals surface area contributed by atoms with Crippen LogP contribution in [0.2, 0.25) is 0 Å². The number of nitrogens with zero attached hydrogens (tertiary/aromatic N) is 1. The molecule has 0 amide bonds. The van der Waals surface area contributed by atoms with Crippen molar-refractivity contribution in [2.45, 2.75) is 13.5 Å². The number of rotatable bonds is 3. The molecule has 3 heteroatoms. The van der Waals surface area contributed by atoms with Crippen molar-refractivity contribution in [2.75, 3.05) is 5.32 Å². The molecule has 16 heavy (non-hydrogen) atoms. The van der Waals surface area contributed by atoms with Gasteiger partial charge in [0.1, 0.15) is 0 Å². The van der Waals surface area contributed by atoms with Crippen LogP contribution in [0.15, 0.2) is 36.4 Å². The number of anilines is 1. The van der Waals surface area contributed by atoms with Gasteiger partial charge in [-0.3, -0.25) is 0 Å². The molecular weight excluding hydrogens is 216 g/mol. The lowest BCUT2D eigenvalue weighted by molar-refractivity contribution is 1.19. The monoisotopic (exact) mass is 228 g/mol. The first-order chi connectivity index (χ1) is 7.78. The van der Waals surface area contributed by atoms with Gasteiger partial charge in [0.15, 0.2) is 0 Å². The van der Waals surface area contributed by atoms with E-state index in [9.17, 15) is 0 Å². The minimum absolute atomic E-state index is 0.687. The van der Waals surface area contributed by atoms with Crippen molar-refractivity contribution in [3.05, 3.63) is 51.7 Å². The summed E-state index contributed by atoms with van der Waals surface area (Å²) in [6.07, 6.45) is 0. The van der Waals surface area contributed by atoms with Crippen LogP contribution in [-0.2, 0) is 6.54 Å². The van der Waals surface area contributed by atoms with E-state index in [0.717, 1.165) is 12.2 Å². The first-order valence-corrected chi connectivity index (χ1v) is 5.89. The van der Waals surface area contributed by atoms with Gasteiger partial charge < -0.3 is 5.32 Å². The van der Waals surface area contributed by atoms with Crippen molar-refractivity contribution in [3.8, 4) is 6.07 Å². The Balaban J connectivity index is 2.02. The van der Waals surface area contributed by atoms with Crippen LogP contribution in [0.4, 0.5) is 5.69 Å². The molecule has 80 valence electrons. The molecule has 0 saturated heterocycles. The first kappa shape index (κ1) is 10.7. The molecule has 0 radical (unpaired) electrons. The average Bonchev–Trinajstić information content (AvgIpc) is 2.73. The SMILES string of the molecule is Cc1ccc(CNc2cccc(C#N)c2)s1. The summed E-state index contributed by atoms with van der Waals surface area (Å²) in [7, 11) is 0. The number of benzene rings is 1. The number of hydrogen-bond donors (Lipinski definition) is 1. The molecule has 1 aromatic carbocycles. The lowest BCUT2D eigenvalue weighted by Crippen LogP contribution is -1.97. The van der Waals surface area contributed by atoms with Crippen LogP contribution in [0.25, 0.3) is 0 Å². The quantitative estimate of drug-likeness (QED) is 0.872. The highest BCUT2D eigenvalue weighted by atomic mass is 32.1. The van der Waals surface area contributed by atoms with Crippen molar-refractivity contribution in [2.24, 2.45) is 0 Å². The van der Waals surface area contributed by atoms with Crippen LogP contribution in [0.5, 0.6) is 0 Å². The zero-order valence-electron chi connectivity index (χ0n) is 9.03. The average molecular weight is 228 g/mol. The highest BCUT2D eigenvalue weighted by molar-refractivity contribution is 7.11. The Morgan fingerprint density at radius 2 is 2.19 bits per heavy atom. The second-order valence-electron chi connectivity index (χ2n) is 3.56. The van der Waals surface area contributed by atoms with E-state index in [4.69, 9.17) is 5.26 Å². The van der Waals surface area contributed by atoms with Crippen LogP contribution in [0, 0.1) is 18.3 Å². The molecule has 2 rings (SSSR count). The van der Waals surface area contributed by atoms with Crippen molar-refractivity contribution in [3.63, 3.8) is 0 Å². The zero-order valence-corrected chi connectivity index (χ0v) is 9.84. The van der Waals surface area contributed by atoms with E-state index in [0.29, 0.717) is 5.56 Å². The lowest BCUT2D eigenvalue weighted by Gasteiger charge is -2.04. The number of aryl methyl sites for hydroxylation is 1. The van der Waals surface area contributed by atoms with Gasteiger partial charge in [-0.15, -0.1) is 11.3 Å². The van der Waals surface area contributed by atoms with Crippen molar-refractivity contribution >= 4 is 17.0 Å². The molecule has 0 saturated carbocycles. The Kier molecular flexibility index (Phi) is 3.23. The Morgan fingerprint density at radius 3 is 2.88 bits per heavy atom. The third kappa shape index (κ3) is 2.62. The largest absolute Gasteiger partial charge is 0.380 e. The summed E-state index contributed by atoms with van der Waals surface area (Å²) in [5.41, 5.74) is 1.68.